The summed E-state index contributed by atoms with van der Waals surface area (Å²) >= 11 is 0. The van der Waals surface area contributed by atoms with Crippen LogP contribution in [0.5, 0.6) is 0 Å². The summed E-state index contributed by atoms with van der Waals surface area (Å²) in [4.78, 5) is 0. The molecule has 98 valence electrons. The van der Waals surface area contributed by atoms with Gasteiger partial charge in [0.25, 0.3) is 0 Å². The van der Waals surface area contributed by atoms with Gasteiger partial charge < -0.3 is 16.5 Å². The van der Waals surface area contributed by atoms with Gasteiger partial charge in [-0.15, -0.1) is 0 Å². The van der Waals surface area contributed by atoms with Crippen molar-refractivity contribution < 1.29 is 16.5 Å². The first-order valence-electron chi connectivity index (χ1n) is 5.98. The fraction of sp³-hybridized carbons (Fsp3) is 1.00. The minimum Gasteiger partial charge on any atom is -0.402 e. The van der Waals surface area contributed by atoms with E-state index in [-0.39, 0.29) is 0 Å². The third-order valence-corrected chi connectivity index (χ3v) is 13.2. The second kappa shape index (κ2) is 8.10. The van der Waals surface area contributed by atoms with Crippen LogP contribution in [0.1, 0.15) is 0 Å². The van der Waals surface area contributed by atoms with Crippen molar-refractivity contribution in [1.29, 1.82) is 0 Å². The zero-order valence-corrected chi connectivity index (χ0v) is 17.5. The van der Waals surface area contributed by atoms with Gasteiger partial charge in [-0.2, -0.15) is 0 Å². The lowest BCUT2D eigenvalue weighted by Gasteiger charge is -2.33. The Kier molecular flexibility index (Phi) is 8.57. The topological polar surface area (TPSA) is 36.9 Å². The molecular formula is C7H26O4Si5. The molecule has 0 spiro atoms. The van der Waals surface area contributed by atoms with Crippen molar-refractivity contribution in [2.45, 2.75) is 45.8 Å². The van der Waals surface area contributed by atoms with Crippen molar-refractivity contribution in [3.63, 3.8) is 0 Å². The highest BCUT2D eigenvalue weighted by molar-refractivity contribution is 6.78. The second-order valence-electron chi connectivity index (χ2n) is 4.43. The van der Waals surface area contributed by atoms with Gasteiger partial charge in [-0.3, -0.25) is 0 Å². The van der Waals surface area contributed by atoms with Gasteiger partial charge in [-0.1, -0.05) is 6.55 Å². The summed E-state index contributed by atoms with van der Waals surface area (Å²) in [6.07, 6.45) is 0. The molecule has 4 nitrogen and oxygen atoms in total. The van der Waals surface area contributed by atoms with Crippen LogP contribution in [0.2, 0.25) is 45.8 Å². The summed E-state index contributed by atoms with van der Waals surface area (Å²) in [6, 6.07) is 0. The fourth-order valence-corrected chi connectivity index (χ4v) is 14.4. The molecular weight excluding hydrogens is 289 g/mol. The lowest BCUT2D eigenvalue weighted by atomic mass is 11.9. The highest BCUT2D eigenvalue weighted by Crippen LogP contribution is 2.15. The summed E-state index contributed by atoms with van der Waals surface area (Å²) < 4.78 is 23.9. The maximum absolute atomic E-state index is 6.02. The Morgan fingerprint density at radius 2 is 1.06 bits per heavy atom. The Bertz CT molecular complexity index is 163. The van der Waals surface area contributed by atoms with Crippen molar-refractivity contribution in [2.24, 2.45) is 0 Å². The fourth-order valence-electron chi connectivity index (χ4n) is 1.23. The lowest BCUT2D eigenvalue weighted by molar-refractivity contribution is 0.167. The smallest absolute Gasteiger partial charge is 0.402 e. The van der Waals surface area contributed by atoms with Crippen molar-refractivity contribution in [1.82, 2.24) is 0 Å². The van der Waals surface area contributed by atoms with Gasteiger partial charge in [0.2, 0.25) is 0 Å². The van der Waals surface area contributed by atoms with Gasteiger partial charge in [0.05, 0.1) is 0 Å². The van der Waals surface area contributed by atoms with E-state index >= 15 is 0 Å². The molecule has 0 radical (unpaired) electrons. The molecule has 0 unspecified atom stereocenters. The summed E-state index contributed by atoms with van der Waals surface area (Å²) in [7, 11) is -6.88. The van der Waals surface area contributed by atoms with Crippen LogP contribution in [0.15, 0.2) is 0 Å². The molecule has 0 N–H and O–H groups in total. The van der Waals surface area contributed by atoms with Crippen LogP contribution in [0.25, 0.3) is 0 Å². The molecule has 16 heavy (non-hydrogen) atoms. The molecule has 0 rings (SSSR count). The first kappa shape index (κ1) is 16.9. The molecule has 0 atom stereocenters. The Labute approximate surface area is 108 Å². The summed E-state index contributed by atoms with van der Waals surface area (Å²) in [5, 5.41) is 0. The maximum atomic E-state index is 6.02. The van der Waals surface area contributed by atoms with E-state index in [1.807, 2.05) is 0 Å². The molecule has 9 heteroatoms. The monoisotopic (exact) mass is 314 g/mol. The Morgan fingerprint density at radius 1 is 0.750 bits per heavy atom. The zero-order chi connectivity index (χ0) is 12.8. The molecule has 0 fully saturated rings. The van der Waals surface area contributed by atoms with E-state index in [1.54, 1.807) is 0 Å². The Balaban J connectivity index is 4.72. The van der Waals surface area contributed by atoms with Gasteiger partial charge in [-0.25, -0.2) is 0 Å². The number of hydrogen-bond donors (Lipinski definition) is 0. The standard InChI is InChI=1S/C7H26O4Si5/c1-12-8-16(9-13(2)3,10-14(4)5)11-15(6)7/h13-15H,12H2,1-7H3. The SMILES string of the molecule is C[SiH2]O[Si](O[SiH](C)C)(O[SiH](C)C)O[SiH](C)C. The van der Waals surface area contributed by atoms with E-state index < -0.39 is 45.9 Å². The summed E-state index contributed by atoms with van der Waals surface area (Å²) in [5.74, 6) is 0. The first-order chi connectivity index (χ1) is 7.31. The molecule has 0 aromatic heterocycles. The van der Waals surface area contributed by atoms with Crippen LogP contribution >= 0.6 is 0 Å². The van der Waals surface area contributed by atoms with E-state index in [0.717, 1.165) is 0 Å². The van der Waals surface area contributed by atoms with Crippen LogP contribution in [0.3, 0.4) is 0 Å². The second-order valence-corrected chi connectivity index (χ2v) is 16.3. The normalized spacial score (nSPS) is 13.9. The average molecular weight is 315 g/mol. The highest BCUT2D eigenvalue weighted by atomic mass is 28.5. The number of rotatable bonds is 8. The van der Waals surface area contributed by atoms with Gasteiger partial charge in [0, 0.05) is 0 Å². The predicted molar refractivity (Wildman–Crippen MR) is 81.1 cm³/mol. The molecule has 0 saturated heterocycles. The third-order valence-electron chi connectivity index (χ3n) is 1.46. The van der Waals surface area contributed by atoms with Gasteiger partial charge >= 0.3 is 9.05 Å². The molecule has 0 amide bonds. The lowest BCUT2D eigenvalue weighted by Crippen LogP contribution is -2.56. The van der Waals surface area contributed by atoms with Gasteiger partial charge in [-0.05, 0) is 39.3 Å². The minimum absolute atomic E-state index is 0.566. The Hall–Kier alpha value is 0.924. The first-order valence-corrected chi connectivity index (χ1v) is 18.0. The van der Waals surface area contributed by atoms with Crippen LogP contribution in [-0.4, -0.2) is 45.9 Å². The largest absolute Gasteiger partial charge is 0.635 e. The highest BCUT2D eigenvalue weighted by Gasteiger charge is 2.45. The van der Waals surface area contributed by atoms with E-state index in [0.29, 0.717) is 0 Å². The molecule has 0 aliphatic carbocycles. The summed E-state index contributed by atoms with van der Waals surface area (Å²) in [6.45, 7) is 14.9. The molecule has 0 bridgehead atoms. The van der Waals surface area contributed by atoms with Gasteiger partial charge in [0.15, 0.2) is 36.9 Å². The van der Waals surface area contributed by atoms with Crippen molar-refractivity contribution in [3.05, 3.63) is 0 Å². The maximum Gasteiger partial charge on any atom is 0.635 e. The van der Waals surface area contributed by atoms with E-state index in [4.69, 9.17) is 16.5 Å². The molecule has 0 aliphatic heterocycles. The molecule has 0 aliphatic rings. The Morgan fingerprint density at radius 3 is 1.25 bits per heavy atom. The van der Waals surface area contributed by atoms with E-state index in [9.17, 15) is 0 Å². The van der Waals surface area contributed by atoms with Crippen LogP contribution in [0.4, 0.5) is 0 Å². The van der Waals surface area contributed by atoms with Gasteiger partial charge in [0.1, 0.15) is 0 Å². The molecule has 0 heterocycles. The van der Waals surface area contributed by atoms with Crippen LogP contribution in [0, 0.1) is 0 Å². The average Bonchev–Trinajstić information content (AvgIpc) is 1.98. The van der Waals surface area contributed by atoms with Crippen molar-refractivity contribution in [2.75, 3.05) is 0 Å². The van der Waals surface area contributed by atoms with Crippen molar-refractivity contribution in [3.8, 4) is 0 Å². The van der Waals surface area contributed by atoms with E-state index in [2.05, 4.69) is 45.8 Å². The quantitative estimate of drug-likeness (QED) is 0.614. The number of hydrogen-bond acceptors (Lipinski definition) is 4. The zero-order valence-electron chi connectivity index (χ0n) is 11.6. The van der Waals surface area contributed by atoms with E-state index in [1.165, 1.54) is 0 Å². The van der Waals surface area contributed by atoms with Crippen LogP contribution in [-0.2, 0) is 16.5 Å². The minimum atomic E-state index is -2.74. The molecule has 0 aromatic rings. The van der Waals surface area contributed by atoms with Crippen LogP contribution < -0.4 is 0 Å². The van der Waals surface area contributed by atoms with Crippen molar-refractivity contribution >= 4 is 45.9 Å². The predicted octanol–water partition coefficient (Wildman–Crippen LogP) is 0.570. The molecule has 0 aromatic carbocycles. The summed E-state index contributed by atoms with van der Waals surface area (Å²) in [5.41, 5.74) is 0. The molecule has 0 saturated carbocycles. The third kappa shape index (κ3) is 7.29.